The van der Waals surface area contributed by atoms with Crippen molar-refractivity contribution in [1.82, 2.24) is 10.5 Å². The lowest BCUT2D eigenvalue weighted by Gasteiger charge is -2.06. The van der Waals surface area contributed by atoms with Crippen molar-refractivity contribution < 1.29 is 14.1 Å². The molecule has 0 saturated carbocycles. The number of aryl methyl sites for hydroxylation is 1. The summed E-state index contributed by atoms with van der Waals surface area (Å²) in [6.07, 6.45) is 0.766. The predicted octanol–water partition coefficient (Wildman–Crippen LogP) is 1.98. The summed E-state index contributed by atoms with van der Waals surface area (Å²) >= 11 is 5.84. The molecule has 0 radical (unpaired) electrons. The van der Waals surface area contributed by atoms with Crippen molar-refractivity contribution in [2.45, 2.75) is 26.3 Å². The lowest BCUT2D eigenvalue weighted by atomic mass is 10.1. The Balaban J connectivity index is 1.81. The second-order valence-corrected chi connectivity index (χ2v) is 5.20. The molecule has 0 fully saturated rings. The molecule has 116 valence electrons. The summed E-state index contributed by atoms with van der Waals surface area (Å²) in [5.41, 5.74) is 7.94. The zero-order valence-electron chi connectivity index (χ0n) is 12.1. The molecule has 1 heterocycles. The molecule has 0 spiro atoms. The van der Waals surface area contributed by atoms with Crippen molar-refractivity contribution in [1.29, 1.82) is 0 Å². The van der Waals surface area contributed by atoms with Crippen LogP contribution in [0.1, 0.15) is 33.6 Å². The number of nitrogens with zero attached hydrogens (tertiary/aromatic N) is 1. The maximum atomic E-state index is 11.8. The van der Waals surface area contributed by atoms with Gasteiger partial charge in [0.2, 0.25) is 17.0 Å². The molecule has 22 heavy (non-hydrogen) atoms. The first-order chi connectivity index (χ1) is 10.5. The van der Waals surface area contributed by atoms with Gasteiger partial charge in [-0.2, -0.15) is 0 Å². The molecule has 6 nitrogen and oxygen atoms in total. The number of rotatable bonds is 6. The molecule has 1 aromatic heterocycles. The van der Waals surface area contributed by atoms with Gasteiger partial charge in [0.05, 0.1) is 5.69 Å². The van der Waals surface area contributed by atoms with Gasteiger partial charge in [0, 0.05) is 24.1 Å². The van der Waals surface area contributed by atoms with Crippen LogP contribution in [0.2, 0.25) is 5.22 Å². The van der Waals surface area contributed by atoms with Crippen LogP contribution in [0.4, 0.5) is 0 Å². The van der Waals surface area contributed by atoms with Crippen LogP contribution in [0.25, 0.3) is 0 Å². The van der Waals surface area contributed by atoms with Crippen LogP contribution in [-0.2, 0) is 17.8 Å². The molecular formula is C15H16ClN3O3. The van der Waals surface area contributed by atoms with E-state index in [2.05, 4.69) is 10.5 Å². The van der Waals surface area contributed by atoms with E-state index >= 15 is 0 Å². The number of benzene rings is 1. The average molecular weight is 322 g/mol. The Hall–Kier alpha value is -2.34. The van der Waals surface area contributed by atoms with Crippen molar-refractivity contribution in [2.75, 3.05) is 0 Å². The van der Waals surface area contributed by atoms with Crippen molar-refractivity contribution in [2.24, 2.45) is 5.73 Å². The summed E-state index contributed by atoms with van der Waals surface area (Å²) in [6.45, 7) is 2.16. The van der Waals surface area contributed by atoms with Crippen LogP contribution in [0.3, 0.4) is 0 Å². The summed E-state index contributed by atoms with van der Waals surface area (Å²) < 4.78 is 4.83. The zero-order valence-corrected chi connectivity index (χ0v) is 12.8. The molecular weight excluding hydrogens is 306 g/mol. The van der Waals surface area contributed by atoms with Crippen LogP contribution < -0.4 is 11.1 Å². The first-order valence-electron chi connectivity index (χ1n) is 6.73. The molecule has 0 aliphatic heterocycles. The Morgan fingerprint density at radius 3 is 2.55 bits per heavy atom. The summed E-state index contributed by atoms with van der Waals surface area (Å²) in [7, 11) is 0. The SMILES string of the molecule is Cc1noc(Cl)c1CCC(=O)NCc1ccc(C(N)=O)cc1. The van der Waals surface area contributed by atoms with Crippen molar-refractivity contribution >= 4 is 23.4 Å². The van der Waals surface area contributed by atoms with Gasteiger partial charge >= 0.3 is 0 Å². The van der Waals surface area contributed by atoms with E-state index in [1.807, 2.05) is 0 Å². The number of halogens is 1. The Morgan fingerprint density at radius 1 is 1.32 bits per heavy atom. The number of nitrogens with two attached hydrogens (primary N) is 1. The van der Waals surface area contributed by atoms with Crippen molar-refractivity contribution in [3.63, 3.8) is 0 Å². The zero-order chi connectivity index (χ0) is 16.1. The molecule has 0 aliphatic carbocycles. The monoisotopic (exact) mass is 321 g/mol. The largest absolute Gasteiger partial charge is 0.366 e. The van der Waals surface area contributed by atoms with E-state index in [0.717, 1.165) is 11.1 Å². The van der Waals surface area contributed by atoms with Crippen LogP contribution in [0.5, 0.6) is 0 Å². The third kappa shape index (κ3) is 4.08. The fourth-order valence-corrected chi connectivity index (χ4v) is 2.22. The van der Waals surface area contributed by atoms with Crippen LogP contribution in [-0.4, -0.2) is 17.0 Å². The predicted molar refractivity (Wildman–Crippen MR) is 81.4 cm³/mol. The molecule has 0 unspecified atom stereocenters. The summed E-state index contributed by atoms with van der Waals surface area (Å²) in [5, 5.41) is 6.76. The molecule has 0 saturated heterocycles. The summed E-state index contributed by atoms with van der Waals surface area (Å²) in [6, 6.07) is 6.76. The summed E-state index contributed by atoms with van der Waals surface area (Å²) in [5.74, 6) is -0.577. The van der Waals surface area contributed by atoms with Gasteiger partial charge in [0.1, 0.15) is 0 Å². The van der Waals surface area contributed by atoms with E-state index in [4.69, 9.17) is 21.9 Å². The van der Waals surface area contributed by atoms with E-state index in [1.165, 1.54) is 0 Å². The smallest absolute Gasteiger partial charge is 0.248 e. The molecule has 2 amide bonds. The van der Waals surface area contributed by atoms with Gasteiger partial charge in [-0.25, -0.2) is 0 Å². The molecule has 0 aliphatic rings. The second kappa shape index (κ2) is 7.09. The molecule has 2 aromatic rings. The quantitative estimate of drug-likeness (QED) is 0.850. The van der Waals surface area contributed by atoms with E-state index in [-0.39, 0.29) is 11.1 Å². The average Bonchev–Trinajstić information content (AvgIpc) is 2.82. The molecule has 1 aromatic carbocycles. The highest BCUT2D eigenvalue weighted by Crippen LogP contribution is 2.20. The molecule has 2 rings (SSSR count). The lowest BCUT2D eigenvalue weighted by molar-refractivity contribution is -0.121. The minimum Gasteiger partial charge on any atom is -0.366 e. The van der Waals surface area contributed by atoms with Crippen LogP contribution >= 0.6 is 11.6 Å². The van der Waals surface area contributed by atoms with Crippen molar-refractivity contribution in [3.05, 3.63) is 51.9 Å². The Bertz CT molecular complexity index is 660. The number of primary amides is 1. The van der Waals surface area contributed by atoms with Gasteiger partial charge in [-0.3, -0.25) is 9.59 Å². The molecule has 3 N–H and O–H groups in total. The number of amides is 2. The van der Waals surface area contributed by atoms with Crippen molar-refractivity contribution in [3.8, 4) is 0 Å². The molecule has 0 bridgehead atoms. The number of hydrogen-bond donors (Lipinski definition) is 2. The minimum absolute atomic E-state index is 0.101. The Labute approximate surface area is 132 Å². The fraction of sp³-hybridized carbons (Fsp3) is 0.267. The first-order valence-corrected chi connectivity index (χ1v) is 7.11. The van der Waals surface area contributed by atoms with E-state index in [1.54, 1.807) is 31.2 Å². The second-order valence-electron chi connectivity index (χ2n) is 4.86. The Kier molecular flexibility index (Phi) is 5.16. The number of hydrogen-bond acceptors (Lipinski definition) is 4. The van der Waals surface area contributed by atoms with Gasteiger partial charge in [0.25, 0.3) is 0 Å². The number of carbonyl (C=O) groups is 2. The van der Waals surface area contributed by atoms with Crippen LogP contribution in [0, 0.1) is 6.92 Å². The van der Waals surface area contributed by atoms with E-state index in [0.29, 0.717) is 30.6 Å². The maximum Gasteiger partial charge on any atom is 0.248 e. The highest BCUT2D eigenvalue weighted by Gasteiger charge is 2.12. The third-order valence-corrected chi connectivity index (χ3v) is 3.56. The maximum absolute atomic E-state index is 11.8. The minimum atomic E-state index is -0.475. The fourth-order valence-electron chi connectivity index (χ4n) is 1.95. The Morgan fingerprint density at radius 2 is 2.00 bits per heavy atom. The highest BCUT2D eigenvalue weighted by molar-refractivity contribution is 6.29. The third-order valence-electron chi connectivity index (χ3n) is 3.27. The van der Waals surface area contributed by atoms with Gasteiger partial charge in [-0.15, -0.1) is 0 Å². The normalized spacial score (nSPS) is 10.5. The topological polar surface area (TPSA) is 98.2 Å². The van der Waals surface area contributed by atoms with E-state index < -0.39 is 5.91 Å². The lowest BCUT2D eigenvalue weighted by Crippen LogP contribution is -2.23. The van der Waals surface area contributed by atoms with Gasteiger partial charge in [-0.1, -0.05) is 17.3 Å². The standard InChI is InChI=1S/C15H16ClN3O3/c1-9-12(14(16)22-19-9)6-7-13(20)18-8-10-2-4-11(5-3-10)15(17)21/h2-5H,6-8H2,1H3,(H2,17,21)(H,18,20). The highest BCUT2D eigenvalue weighted by atomic mass is 35.5. The molecule has 0 atom stereocenters. The summed E-state index contributed by atoms with van der Waals surface area (Å²) in [4.78, 5) is 22.8. The first kappa shape index (κ1) is 16.0. The number of carbonyl (C=O) groups excluding carboxylic acids is 2. The number of aromatic nitrogens is 1. The van der Waals surface area contributed by atoms with Gasteiger partial charge < -0.3 is 15.6 Å². The number of nitrogens with one attached hydrogen (secondary N) is 1. The van der Waals surface area contributed by atoms with E-state index in [9.17, 15) is 9.59 Å². The van der Waals surface area contributed by atoms with Crippen LogP contribution in [0.15, 0.2) is 28.8 Å². The van der Waals surface area contributed by atoms with Gasteiger partial charge in [-0.05, 0) is 42.6 Å². The van der Waals surface area contributed by atoms with Gasteiger partial charge in [0.15, 0.2) is 0 Å². The molecule has 7 heteroatoms.